The molecule has 2 rings (SSSR count). The lowest BCUT2D eigenvalue weighted by atomic mass is 9.81. The second kappa shape index (κ2) is 3.97. The van der Waals surface area contributed by atoms with Crippen LogP contribution in [0.2, 0.25) is 0 Å². The zero-order valence-corrected chi connectivity index (χ0v) is 9.53. The first-order valence-corrected chi connectivity index (χ1v) is 5.36. The lowest BCUT2D eigenvalue weighted by Gasteiger charge is -2.25. The molecule has 1 aromatic heterocycles. The summed E-state index contributed by atoms with van der Waals surface area (Å²) in [6.07, 6.45) is 0. The van der Waals surface area contributed by atoms with E-state index in [-0.39, 0.29) is 11.0 Å². The molecule has 0 atom stereocenters. The molecule has 16 heavy (non-hydrogen) atoms. The highest BCUT2D eigenvalue weighted by atomic mass is 16.1. The van der Waals surface area contributed by atoms with Gasteiger partial charge in [-0.25, -0.2) is 0 Å². The van der Waals surface area contributed by atoms with Gasteiger partial charge in [0.25, 0.3) is 0 Å². The number of nitrogens with one attached hydrogen (secondary N) is 1. The van der Waals surface area contributed by atoms with Crippen LogP contribution >= 0.6 is 0 Å². The fourth-order valence-corrected chi connectivity index (χ4v) is 1.82. The molecule has 0 aliphatic rings. The number of benzene rings is 1. The lowest BCUT2D eigenvalue weighted by Crippen LogP contribution is -2.23. The van der Waals surface area contributed by atoms with E-state index in [0.717, 1.165) is 5.69 Å². The Balaban J connectivity index is 2.51. The molecule has 2 nitrogen and oxygen atoms in total. The van der Waals surface area contributed by atoms with E-state index in [2.05, 4.69) is 31.0 Å². The summed E-state index contributed by atoms with van der Waals surface area (Å²) in [5.41, 5.74) is 1.89. The van der Waals surface area contributed by atoms with Crippen molar-refractivity contribution < 1.29 is 0 Å². The monoisotopic (exact) mass is 213 g/mol. The van der Waals surface area contributed by atoms with Crippen molar-refractivity contribution in [2.75, 3.05) is 0 Å². The Hall–Kier alpha value is -1.83. The number of hydrogen-bond donors (Lipinski definition) is 1. The van der Waals surface area contributed by atoms with Crippen molar-refractivity contribution in [2.24, 2.45) is 0 Å². The highest BCUT2D eigenvalue weighted by Gasteiger charge is 2.23. The van der Waals surface area contributed by atoms with Crippen LogP contribution < -0.4 is 5.56 Å². The van der Waals surface area contributed by atoms with Crippen LogP contribution in [0.1, 0.15) is 25.1 Å². The quantitative estimate of drug-likeness (QED) is 0.817. The molecule has 2 heteroatoms. The third-order valence-electron chi connectivity index (χ3n) is 2.94. The highest BCUT2D eigenvalue weighted by Crippen LogP contribution is 2.28. The van der Waals surface area contributed by atoms with Gasteiger partial charge in [0, 0.05) is 17.2 Å². The number of hydrogen-bond acceptors (Lipinski definition) is 1. The van der Waals surface area contributed by atoms with Crippen molar-refractivity contribution in [3.05, 3.63) is 70.1 Å². The summed E-state index contributed by atoms with van der Waals surface area (Å²) in [7, 11) is 0. The number of aromatic amines is 1. The van der Waals surface area contributed by atoms with Crippen molar-refractivity contribution in [3.8, 4) is 0 Å². The first kappa shape index (κ1) is 10.7. The van der Waals surface area contributed by atoms with Crippen molar-refractivity contribution in [1.29, 1.82) is 0 Å². The standard InChI is InChI=1S/C14H15NO/c1-14(2,11-7-4-3-5-8-11)12-9-6-10-13(16)15-12/h3-10H,1-2H3,(H,15,16). The van der Waals surface area contributed by atoms with Gasteiger partial charge in [-0.2, -0.15) is 0 Å². The van der Waals surface area contributed by atoms with Crippen LogP contribution in [0.15, 0.2) is 53.3 Å². The largest absolute Gasteiger partial charge is 0.325 e. The summed E-state index contributed by atoms with van der Waals surface area (Å²) >= 11 is 0. The minimum atomic E-state index is -0.179. The summed E-state index contributed by atoms with van der Waals surface area (Å²) in [6, 6.07) is 15.4. The Bertz CT molecular complexity index is 526. The molecule has 0 spiro atoms. The van der Waals surface area contributed by atoms with Crippen molar-refractivity contribution >= 4 is 0 Å². The SMILES string of the molecule is CC(C)(c1ccccc1)c1cccc(=O)[nH]1. The van der Waals surface area contributed by atoms with Gasteiger partial charge in [-0.15, -0.1) is 0 Å². The van der Waals surface area contributed by atoms with E-state index in [0.29, 0.717) is 0 Å². The van der Waals surface area contributed by atoms with Crippen molar-refractivity contribution in [3.63, 3.8) is 0 Å². The summed E-state index contributed by atoms with van der Waals surface area (Å²) in [5, 5.41) is 0. The molecule has 0 unspecified atom stereocenters. The number of pyridine rings is 1. The van der Waals surface area contributed by atoms with Gasteiger partial charge in [-0.1, -0.05) is 50.2 Å². The van der Waals surface area contributed by atoms with Crippen LogP contribution in [-0.2, 0) is 5.41 Å². The summed E-state index contributed by atoms with van der Waals surface area (Å²) in [5.74, 6) is 0. The summed E-state index contributed by atoms with van der Waals surface area (Å²) in [6.45, 7) is 4.21. The van der Waals surface area contributed by atoms with E-state index >= 15 is 0 Å². The Kier molecular flexibility index (Phi) is 2.65. The van der Waals surface area contributed by atoms with Crippen LogP contribution in [0, 0.1) is 0 Å². The first-order valence-electron chi connectivity index (χ1n) is 5.36. The van der Waals surface area contributed by atoms with Crippen LogP contribution in [0.5, 0.6) is 0 Å². The van der Waals surface area contributed by atoms with Gasteiger partial charge >= 0.3 is 0 Å². The Labute approximate surface area is 95.0 Å². The van der Waals surface area contributed by atoms with Gasteiger partial charge in [-0.05, 0) is 11.6 Å². The first-order chi connectivity index (χ1) is 7.60. The maximum atomic E-state index is 11.3. The third kappa shape index (κ3) is 1.91. The third-order valence-corrected chi connectivity index (χ3v) is 2.94. The molecule has 1 aromatic carbocycles. The van der Waals surface area contributed by atoms with Gasteiger partial charge in [0.15, 0.2) is 0 Å². The average Bonchev–Trinajstić information content (AvgIpc) is 2.30. The predicted molar refractivity (Wildman–Crippen MR) is 65.6 cm³/mol. The molecular weight excluding hydrogens is 198 g/mol. The van der Waals surface area contributed by atoms with Crippen molar-refractivity contribution in [1.82, 2.24) is 4.98 Å². The molecule has 1 N–H and O–H groups in total. The number of aromatic nitrogens is 1. The highest BCUT2D eigenvalue weighted by molar-refractivity contribution is 5.33. The average molecular weight is 213 g/mol. The number of rotatable bonds is 2. The summed E-state index contributed by atoms with van der Waals surface area (Å²) < 4.78 is 0. The normalized spacial score (nSPS) is 11.4. The molecule has 1 heterocycles. The van der Waals surface area contributed by atoms with Crippen LogP contribution in [0.3, 0.4) is 0 Å². The van der Waals surface area contributed by atoms with Crippen molar-refractivity contribution in [2.45, 2.75) is 19.3 Å². The fourth-order valence-electron chi connectivity index (χ4n) is 1.82. The van der Waals surface area contributed by atoms with E-state index in [1.165, 1.54) is 11.6 Å². The van der Waals surface area contributed by atoms with Gasteiger partial charge in [0.05, 0.1) is 0 Å². The Morgan fingerprint density at radius 2 is 1.62 bits per heavy atom. The van der Waals surface area contributed by atoms with Gasteiger partial charge in [0.1, 0.15) is 0 Å². The maximum absolute atomic E-state index is 11.3. The molecule has 0 aliphatic heterocycles. The van der Waals surface area contributed by atoms with E-state index in [9.17, 15) is 4.79 Å². The van der Waals surface area contributed by atoms with E-state index in [1.807, 2.05) is 24.3 Å². The molecule has 0 saturated carbocycles. The molecule has 2 aromatic rings. The second-order valence-electron chi connectivity index (χ2n) is 4.42. The van der Waals surface area contributed by atoms with Crippen LogP contribution in [0.4, 0.5) is 0 Å². The Morgan fingerprint density at radius 1 is 0.938 bits per heavy atom. The molecule has 0 fully saturated rings. The lowest BCUT2D eigenvalue weighted by molar-refractivity contribution is 0.614. The molecule has 0 aliphatic carbocycles. The number of H-pyrrole nitrogens is 1. The maximum Gasteiger partial charge on any atom is 0.248 e. The molecule has 82 valence electrons. The minimum Gasteiger partial charge on any atom is -0.325 e. The minimum absolute atomic E-state index is 0.0542. The van der Waals surface area contributed by atoms with Crippen LogP contribution in [0.25, 0.3) is 0 Å². The van der Waals surface area contributed by atoms with E-state index < -0.39 is 0 Å². The van der Waals surface area contributed by atoms with Gasteiger partial charge < -0.3 is 4.98 Å². The molecule has 0 bridgehead atoms. The van der Waals surface area contributed by atoms with E-state index in [1.54, 1.807) is 6.07 Å². The van der Waals surface area contributed by atoms with E-state index in [4.69, 9.17) is 0 Å². The Morgan fingerprint density at radius 3 is 2.25 bits per heavy atom. The molecular formula is C14H15NO. The van der Waals surface area contributed by atoms with Gasteiger partial charge in [0.2, 0.25) is 5.56 Å². The fraction of sp³-hybridized carbons (Fsp3) is 0.214. The zero-order valence-electron chi connectivity index (χ0n) is 9.53. The predicted octanol–water partition coefficient (Wildman–Crippen LogP) is 2.70. The molecule has 0 radical (unpaired) electrons. The molecule has 0 amide bonds. The molecule has 0 saturated heterocycles. The van der Waals surface area contributed by atoms with Crippen LogP contribution in [-0.4, -0.2) is 4.98 Å². The zero-order chi connectivity index (χ0) is 11.6. The smallest absolute Gasteiger partial charge is 0.248 e. The second-order valence-corrected chi connectivity index (χ2v) is 4.42. The topological polar surface area (TPSA) is 32.9 Å². The summed E-state index contributed by atoms with van der Waals surface area (Å²) in [4.78, 5) is 14.2. The van der Waals surface area contributed by atoms with Gasteiger partial charge in [-0.3, -0.25) is 4.79 Å².